The molecular weight excluding hydrogens is 354 g/mol. The van der Waals surface area contributed by atoms with Gasteiger partial charge in [0.2, 0.25) is 5.91 Å². The second-order valence-corrected chi connectivity index (χ2v) is 6.36. The molecule has 0 fully saturated rings. The Kier molecular flexibility index (Phi) is 5.61. The van der Waals surface area contributed by atoms with Crippen molar-refractivity contribution in [1.82, 2.24) is 15.3 Å². The number of aryl methyl sites for hydroxylation is 2. The molecule has 0 aliphatic heterocycles. The van der Waals surface area contributed by atoms with Crippen molar-refractivity contribution in [2.75, 3.05) is 5.32 Å². The molecule has 0 atom stereocenters. The van der Waals surface area contributed by atoms with E-state index < -0.39 is 0 Å². The van der Waals surface area contributed by atoms with Crippen LogP contribution in [0.25, 0.3) is 11.0 Å². The molecule has 140 valence electrons. The first-order chi connectivity index (χ1) is 13.5. The molecule has 1 heterocycles. The maximum absolute atomic E-state index is 12.5. The number of nitrogens with one attached hydrogen (secondary N) is 2. The van der Waals surface area contributed by atoms with Crippen LogP contribution in [0.4, 0.5) is 5.69 Å². The van der Waals surface area contributed by atoms with Crippen LogP contribution < -0.4 is 10.6 Å². The third-order valence-electron chi connectivity index (χ3n) is 4.28. The number of amides is 2. The fourth-order valence-corrected chi connectivity index (χ4v) is 2.62. The van der Waals surface area contributed by atoms with Crippen LogP contribution in [0.15, 0.2) is 42.5 Å². The number of fused-ring (bicyclic) bond motifs is 1. The van der Waals surface area contributed by atoms with Gasteiger partial charge in [0.25, 0.3) is 5.91 Å². The summed E-state index contributed by atoms with van der Waals surface area (Å²) in [5.74, 6) is -0.554. The molecule has 2 amide bonds. The Labute approximate surface area is 162 Å². The van der Waals surface area contributed by atoms with Crippen molar-refractivity contribution in [2.24, 2.45) is 0 Å². The summed E-state index contributed by atoms with van der Waals surface area (Å²) in [5.41, 5.74) is 5.15. The third kappa shape index (κ3) is 4.48. The Morgan fingerprint density at radius 2 is 1.68 bits per heavy atom. The van der Waals surface area contributed by atoms with Crippen LogP contribution in [0.3, 0.4) is 0 Å². The number of benzene rings is 2. The number of nitriles is 1. The van der Waals surface area contributed by atoms with Gasteiger partial charge in [0, 0.05) is 17.8 Å². The van der Waals surface area contributed by atoms with E-state index in [2.05, 4.69) is 20.6 Å². The van der Waals surface area contributed by atoms with Crippen LogP contribution >= 0.6 is 0 Å². The van der Waals surface area contributed by atoms with Gasteiger partial charge in [-0.05, 0) is 49.7 Å². The lowest BCUT2D eigenvalue weighted by molar-refractivity contribution is -0.120. The molecule has 28 heavy (non-hydrogen) atoms. The van der Waals surface area contributed by atoms with E-state index >= 15 is 0 Å². The maximum Gasteiger partial charge on any atom is 0.255 e. The van der Waals surface area contributed by atoms with E-state index in [9.17, 15) is 9.59 Å². The minimum atomic E-state index is -0.315. The van der Waals surface area contributed by atoms with Crippen LogP contribution in [0.2, 0.25) is 0 Å². The molecule has 2 N–H and O–H groups in total. The number of hydrogen-bond acceptors (Lipinski definition) is 5. The van der Waals surface area contributed by atoms with Crippen LogP contribution in [0.5, 0.6) is 0 Å². The van der Waals surface area contributed by atoms with Crippen molar-refractivity contribution in [3.8, 4) is 6.07 Å². The van der Waals surface area contributed by atoms with E-state index in [1.807, 2.05) is 13.8 Å². The largest absolute Gasteiger partial charge is 0.351 e. The predicted octanol–water partition coefficient (Wildman–Crippen LogP) is 3.03. The second-order valence-electron chi connectivity index (χ2n) is 6.36. The highest BCUT2D eigenvalue weighted by molar-refractivity contribution is 6.05. The van der Waals surface area contributed by atoms with Crippen molar-refractivity contribution in [3.05, 3.63) is 65.0 Å². The maximum atomic E-state index is 12.5. The first-order valence-corrected chi connectivity index (χ1v) is 8.75. The van der Waals surface area contributed by atoms with E-state index in [1.54, 1.807) is 48.5 Å². The molecule has 0 unspecified atom stereocenters. The van der Waals surface area contributed by atoms with Gasteiger partial charge in [0.05, 0.1) is 28.5 Å². The van der Waals surface area contributed by atoms with Gasteiger partial charge < -0.3 is 10.6 Å². The highest BCUT2D eigenvalue weighted by Crippen LogP contribution is 2.16. The molecule has 0 bridgehead atoms. The minimum absolute atomic E-state index is 0.163. The SMILES string of the molecule is Cc1nc2ccc(C(=O)Nc3ccc(CNC(=O)CC#N)cc3)cc2nc1C. The highest BCUT2D eigenvalue weighted by atomic mass is 16.2. The van der Waals surface area contributed by atoms with Gasteiger partial charge in [-0.3, -0.25) is 9.59 Å². The Morgan fingerprint density at radius 3 is 2.36 bits per heavy atom. The van der Waals surface area contributed by atoms with Crippen molar-refractivity contribution in [2.45, 2.75) is 26.8 Å². The first kappa shape index (κ1) is 19.0. The molecule has 0 aliphatic carbocycles. The molecule has 0 spiro atoms. The summed E-state index contributed by atoms with van der Waals surface area (Å²) in [6, 6.07) is 14.2. The lowest BCUT2D eigenvalue weighted by Gasteiger charge is -2.08. The van der Waals surface area contributed by atoms with E-state index in [4.69, 9.17) is 5.26 Å². The molecule has 7 heteroatoms. The molecule has 0 saturated heterocycles. The van der Waals surface area contributed by atoms with E-state index in [1.165, 1.54) is 0 Å². The zero-order chi connectivity index (χ0) is 20.1. The Hall–Kier alpha value is -3.79. The molecule has 2 aromatic carbocycles. The normalized spacial score (nSPS) is 10.3. The smallest absolute Gasteiger partial charge is 0.255 e. The van der Waals surface area contributed by atoms with Crippen molar-refractivity contribution in [3.63, 3.8) is 0 Å². The monoisotopic (exact) mass is 373 g/mol. The lowest BCUT2D eigenvalue weighted by Crippen LogP contribution is -2.21. The van der Waals surface area contributed by atoms with Crippen LogP contribution in [-0.4, -0.2) is 21.8 Å². The third-order valence-corrected chi connectivity index (χ3v) is 4.28. The van der Waals surface area contributed by atoms with Crippen LogP contribution in [0.1, 0.15) is 33.7 Å². The second kappa shape index (κ2) is 8.27. The minimum Gasteiger partial charge on any atom is -0.351 e. The fraction of sp³-hybridized carbons (Fsp3) is 0.190. The quantitative estimate of drug-likeness (QED) is 0.715. The number of carbonyl (C=O) groups excluding carboxylic acids is 2. The zero-order valence-corrected chi connectivity index (χ0v) is 15.6. The molecule has 7 nitrogen and oxygen atoms in total. The Bertz CT molecular complexity index is 1080. The fourth-order valence-electron chi connectivity index (χ4n) is 2.62. The molecule has 0 saturated carbocycles. The van der Waals surface area contributed by atoms with Gasteiger partial charge in [-0.25, -0.2) is 9.97 Å². The van der Waals surface area contributed by atoms with Gasteiger partial charge in [-0.1, -0.05) is 12.1 Å². The topological polar surface area (TPSA) is 108 Å². The molecular formula is C21H19N5O2. The van der Waals surface area contributed by atoms with Crippen molar-refractivity contribution >= 4 is 28.5 Å². The summed E-state index contributed by atoms with van der Waals surface area (Å²) < 4.78 is 0. The molecule has 0 radical (unpaired) electrons. The molecule has 3 aromatic rings. The summed E-state index contributed by atoms with van der Waals surface area (Å²) in [4.78, 5) is 32.8. The summed E-state index contributed by atoms with van der Waals surface area (Å²) in [6.07, 6.45) is -0.163. The van der Waals surface area contributed by atoms with Gasteiger partial charge in [-0.2, -0.15) is 5.26 Å². The van der Waals surface area contributed by atoms with Gasteiger partial charge in [0.15, 0.2) is 0 Å². The van der Waals surface area contributed by atoms with E-state index in [-0.39, 0.29) is 18.2 Å². The summed E-state index contributed by atoms with van der Waals surface area (Å²) in [7, 11) is 0. The number of carbonyl (C=O) groups is 2. The molecule has 0 aliphatic rings. The van der Waals surface area contributed by atoms with Crippen molar-refractivity contribution < 1.29 is 9.59 Å². The van der Waals surface area contributed by atoms with Crippen LogP contribution in [-0.2, 0) is 11.3 Å². The molecule has 1 aromatic heterocycles. The zero-order valence-electron chi connectivity index (χ0n) is 15.6. The Morgan fingerprint density at radius 1 is 1.00 bits per heavy atom. The average Bonchev–Trinajstić information content (AvgIpc) is 2.68. The van der Waals surface area contributed by atoms with Gasteiger partial charge in [0.1, 0.15) is 6.42 Å². The predicted molar refractivity (Wildman–Crippen MR) is 105 cm³/mol. The van der Waals surface area contributed by atoms with Crippen molar-refractivity contribution in [1.29, 1.82) is 5.26 Å². The summed E-state index contributed by atoms with van der Waals surface area (Å²) in [5, 5.41) is 14.0. The first-order valence-electron chi connectivity index (χ1n) is 8.75. The van der Waals surface area contributed by atoms with E-state index in [0.717, 1.165) is 22.5 Å². The number of hydrogen-bond donors (Lipinski definition) is 2. The lowest BCUT2D eigenvalue weighted by atomic mass is 10.1. The Balaban J connectivity index is 1.67. The van der Waals surface area contributed by atoms with Gasteiger partial charge >= 0.3 is 0 Å². The van der Waals surface area contributed by atoms with E-state index in [0.29, 0.717) is 23.3 Å². The average molecular weight is 373 g/mol. The number of aromatic nitrogens is 2. The number of rotatable bonds is 5. The number of anilines is 1. The molecule has 3 rings (SSSR count). The highest BCUT2D eigenvalue weighted by Gasteiger charge is 2.09. The van der Waals surface area contributed by atoms with Gasteiger partial charge in [-0.15, -0.1) is 0 Å². The summed E-state index contributed by atoms with van der Waals surface area (Å²) >= 11 is 0. The summed E-state index contributed by atoms with van der Waals surface area (Å²) in [6.45, 7) is 4.12. The number of nitrogens with zero attached hydrogens (tertiary/aromatic N) is 3. The van der Waals surface area contributed by atoms with Crippen LogP contribution in [0, 0.1) is 25.2 Å². The standard InChI is InChI=1S/C21H19N5O2/c1-13-14(2)25-19-11-16(5-8-18(19)24-13)21(28)26-17-6-3-15(4-7-17)12-23-20(27)9-10-22/h3-8,11H,9,12H2,1-2H3,(H,23,27)(H,26,28).